The van der Waals surface area contributed by atoms with E-state index in [1.54, 1.807) is 0 Å². The molecule has 1 fully saturated rings. The average molecular weight is 513 g/mol. The van der Waals surface area contributed by atoms with Crippen LogP contribution >= 0.6 is 0 Å². The molecular weight excluding hydrogens is 487 g/mol. The second kappa shape index (κ2) is 9.06. The highest BCUT2D eigenvalue weighted by Gasteiger charge is 2.31. The number of nitrogens with one attached hydrogen (secondary N) is 1. The Morgan fingerprint density at radius 2 is 1.91 bits per heavy atom. The normalized spacial score (nSPS) is 20.3. The highest BCUT2D eigenvalue weighted by molar-refractivity contribution is 7.93. The zero-order valence-corrected chi connectivity index (χ0v) is 20.1. The summed E-state index contributed by atoms with van der Waals surface area (Å²) in [4.78, 5) is 12.3. The van der Waals surface area contributed by atoms with Gasteiger partial charge in [0.1, 0.15) is 21.4 Å². The van der Waals surface area contributed by atoms with Crippen LogP contribution in [0.5, 0.6) is 5.75 Å². The first kappa shape index (κ1) is 24.3. The maximum atomic E-state index is 14.9. The fraction of sp³-hybridized carbons (Fsp3) is 0.409. The van der Waals surface area contributed by atoms with Gasteiger partial charge in [0.05, 0.1) is 23.5 Å². The number of anilines is 2. The van der Waals surface area contributed by atoms with Crippen LogP contribution in [0.4, 0.5) is 15.8 Å². The van der Waals surface area contributed by atoms with E-state index in [4.69, 9.17) is 4.74 Å². The van der Waals surface area contributed by atoms with Crippen LogP contribution in [-0.4, -0.2) is 53.4 Å². The number of piperidine rings is 1. The van der Waals surface area contributed by atoms with Crippen molar-refractivity contribution < 1.29 is 35.9 Å². The molecule has 2 N–H and O–H groups in total. The monoisotopic (exact) mass is 512 g/mol. The first-order valence-corrected chi connectivity index (χ1v) is 14.2. The number of sulfonamides is 1. The summed E-state index contributed by atoms with van der Waals surface area (Å²) < 4.78 is 74.1. The molecule has 34 heavy (non-hydrogen) atoms. The number of nitrogens with zero attached hydrogens (tertiary/aromatic N) is 1. The summed E-state index contributed by atoms with van der Waals surface area (Å²) in [5.74, 6) is -2.30. The van der Waals surface area contributed by atoms with Gasteiger partial charge in [0.2, 0.25) is 0 Å². The summed E-state index contributed by atoms with van der Waals surface area (Å²) in [6, 6.07) is 5.55. The Labute approximate surface area is 197 Å². The first-order chi connectivity index (χ1) is 16.0. The molecule has 1 atom stereocenters. The van der Waals surface area contributed by atoms with Crippen LogP contribution in [0, 0.1) is 5.82 Å². The van der Waals surface area contributed by atoms with Crippen molar-refractivity contribution >= 4 is 37.2 Å². The number of carboxylic acid groups (broad SMARTS) is 1. The fourth-order valence-electron chi connectivity index (χ4n) is 4.44. The van der Waals surface area contributed by atoms with Crippen molar-refractivity contribution in [1.82, 2.24) is 0 Å². The van der Waals surface area contributed by atoms with Crippen molar-refractivity contribution in [2.24, 2.45) is 0 Å². The van der Waals surface area contributed by atoms with E-state index in [-0.39, 0.29) is 35.3 Å². The molecule has 1 saturated heterocycles. The number of carboxylic acids is 1. The van der Waals surface area contributed by atoms with Crippen LogP contribution in [0.25, 0.3) is 0 Å². The van der Waals surface area contributed by atoms with E-state index in [0.717, 1.165) is 43.7 Å². The largest absolute Gasteiger partial charge is 0.492 e. The van der Waals surface area contributed by atoms with E-state index in [0.29, 0.717) is 19.4 Å². The molecule has 0 spiro atoms. The Balaban J connectivity index is 1.93. The summed E-state index contributed by atoms with van der Waals surface area (Å²) >= 11 is 0. The number of halogens is 1. The van der Waals surface area contributed by atoms with Crippen molar-refractivity contribution in [2.45, 2.75) is 47.9 Å². The third-order valence-corrected chi connectivity index (χ3v) is 8.55. The van der Waals surface area contributed by atoms with Gasteiger partial charge in [-0.25, -0.2) is 26.0 Å². The summed E-state index contributed by atoms with van der Waals surface area (Å²) in [7, 11) is -8.43. The SMILES string of the molecule is CS(=O)(=O)c1cc2c(cc1F)N1CCCCC1CCCOc1ccc(C(=O)O)cc1S(=O)(=O)N2. The fourth-order valence-corrected chi connectivity index (χ4v) is 6.42. The van der Waals surface area contributed by atoms with Crippen LogP contribution < -0.4 is 14.4 Å². The van der Waals surface area contributed by atoms with Gasteiger partial charge in [-0.2, -0.15) is 0 Å². The Morgan fingerprint density at radius 1 is 1.18 bits per heavy atom. The topological polar surface area (TPSA) is 130 Å². The Morgan fingerprint density at radius 3 is 2.62 bits per heavy atom. The molecule has 2 aromatic rings. The van der Waals surface area contributed by atoms with Crippen LogP contribution in [0.3, 0.4) is 0 Å². The lowest BCUT2D eigenvalue weighted by atomic mass is 9.97. The maximum absolute atomic E-state index is 14.9. The Bertz CT molecular complexity index is 1340. The molecule has 2 heterocycles. The minimum absolute atomic E-state index is 0.00243. The van der Waals surface area contributed by atoms with E-state index in [1.165, 1.54) is 12.1 Å². The number of rotatable bonds is 2. The number of ether oxygens (including phenoxy) is 1. The standard InChI is InChI=1S/C22H25FN2O7S2/c1-33(28,29)20-13-17-18(12-16(20)23)25-9-3-2-5-15(25)6-4-10-32-19-8-7-14(22(26)27)11-21(19)34(30,31)24-17/h7-8,11-13,15,24H,2-6,9-10H2,1H3,(H,26,27). The summed E-state index contributed by atoms with van der Waals surface area (Å²) in [6.07, 6.45) is 4.74. The van der Waals surface area contributed by atoms with Crippen LogP contribution in [-0.2, 0) is 19.9 Å². The van der Waals surface area contributed by atoms with Gasteiger partial charge in [-0.3, -0.25) is 4.72 Å². The number of carbonyl (C=O) groups is 1. The van der Waals surface area contributed by atoms with Crippen LogP contribution in [0.2, 0.25) is 0 Å². The number of sulfone groups is 1. The molecule has 0 amide bonds. The number of aromatic carboxylic acids is 1. The van der Waals surface area contributed by atoms with Gasteiger partial charge in [-0.15, -0.1) is 0 Å². The second-order valence-electron chi connectivity index (χ2n) is 8.48. The van der Waals surface area contributed by atoms with Crippen LogP contribution in [0.1, 0.15) is 42.5 Å². The zero-order valence-electron chi connectivity index (χ0n) is 18.5. The molecule has 2 aliphatic rings. The molecule has 9 nitrogen and oxygen atoms in total. The molecule has 2 aromatic carbocycles. The lowest BCUT2D eigenvalue weighted by Gasteiger charge is -2.39. The Hall–Kier alpha value is -2.86. The van der Waals surface area contributed by atoms with Gasteiger partial charge in [0, 0.05) is 24.9 Å². The van der Waals surface area contributed by atoms with Crippen molar-refractivity contribution in [3.63, 3.8) is 0 Å². The van der Waals surface area contributed by atoms with E-state index in [1.807, 2.05) is 4.90 Å². The van der Waals surface area contributed by atoms with Gasteiger partial charge in [-0.05, 0) is 56.4 Å². The minimum atomic E-state index is -4.43. The average Bonchev–Trinajstić information content (AvgIpc) is 2.76. The molecule has 1 unspecified atom stereocenters. The smallest absolute Gasteiger partial charge is 0.335 e. The van der Waals surface area contributed by atoms with Gasteiger partial charge in [-0.1, -0.05) is 0 Å². The number of hydrogen-bond acceptors (Lipinski definition) is 7. The molecule has 4 rings (SSSR count). The molecule has 2 aliphatic heterocycles. The first-order valence-electron chi connectivity index (χ1n) is 10.8. The second-order valence-corrected chi connectivity index (χ2v) is 12.1. The summed E-state index contributed by atoms with van der Waals surface area (Å²) in [5.41, 5.74) is -0.108. The van der Waals surface area contributed by atoms with Gasteiger partial charge in [0.25, 0.3) is 10.0 Å². The highest BCUT2D eigenvalue weighted by atomic mass is 32.2. The molecule has 0 radical (unpaired) electrons. The lowest BCUT2D eigenvalue weighted by Crippen LogP contribution is -2.40. The highest BCUT2D eigenvalue weighted by Crippen LogP contribution is 2.38. The van der Waals surface area contributed by atoms with Gasteiger partial charge >= 0.3 is 5.97 Å². The summed E-state index contributed by atoms with van der Waals surface area (Å²) in [6.45, 7) is 0.769. The molecule has 184 valence electrons. The number of benzene rings is 2. The van der Waals surface area contributed by atoms with Crippen LogP contribution in [0.15, 0.2) is 40.1 Å². The van der Waals surface area contributed by atoms with Gasteiger partial charge in [0.15, 0.2) is 9.84 Å². The predicted octanol–water partition coefficient (Wildman–Crippen LogP) is 3.26. The Kier molecular flexibility index (Phi) is 6.47. The zero-order chi connectivity index (χ0) is 24.7. The number of hydrogen-bond donors (Lipinski definition) is 2. The molecule has 0 bridgehead atoms. The molecular formula is C22H25FN2O7S2. The van der Waals surface area contributed by atoms with Crippen molar-refractivity contribution in [3.8, 4) is 5.75 Å². The van der Waals surface area contributed by atoms with Crippen molar-refractivity contribution in [2.75, 3.05) is 29.0 Å². The van der Waals surface area contributed by atoms with E-state index in [2.05, 4.69) is 4.72 Å². The number of fused-ring (bicyclic) bond motifs is 4. The van der Waals surface area contributed by atoms with Gasteiger partial charge < -0.3 is 14.7 Å². The molecule has 0 saturated carbocycles. The summed E-state index contributed by atoms with van der Waals surface area (Å²) in [5, 5.41) is 9.34. The molecule has 0 aliphatic carbocycles. The third-order valence-electron chi connectivity index (χ3n) is 6.05. The predicted molar refractivity (Wildman–Crippen MR) is 123 cm³/mol. The lowest BCUT2D eigenvalue weighted by molar-refractivity contribution is 0.0696. The van der Waals surface area contributed by atoms with E-state index >= 15 is 0 Å². The van der Waals surface area contributed by atoms with E-state index < -0.39 is 41.4 Å². The van der Waals surface area contributed by atoms with Crippen molar-refractivity contribution in [3.05, 3.63) is 41.7 Å². The minimum Gasteiger partial charge on any atom is -0.492 e. The molecule has 12 heteroatoms. The quantitative estimate of drug-likeness (QED) is 0.627. The maximum Gasteiger partial charge on any atom is 0.335 e. The van der Waals surface area contributed by atoms with E-state index in [9.17, 15) is 31.1 Å². The van der Waals surface area contributed by atoms with Crippen molar-refractivity contribution in [1.29, 1.82) is 0 Å². The molecule has 0 aromatic heterocycles. The third kappa shape index (κ3) is 4.83.